The van der Waals surface area contributed by atoms with Crippen LogP contribution in [-0.2, 0) is 13.1 Å². The summed E-state index contributed by atoms with van der Waals surface area (Å²) in [6, 6.07) is 5.26. The van der Waals surface area contributed by atoms with E-state index in [1.54, 1.807) is 28.2 Å². The second-order valence-electron chi connectivity index (χ2n) is 4.46. The van der Waals surface area contributed by atoms with E-state index in [2.05, 4.69) is 32.3 Å². The van der Waals surface area contributed by atoms with Crippen LogP contribution in [0.5, 0.6) is 0 Å². The summed E-state index contributed by atoms with van der Waals surface area (Å²) >= 11 is 5.18. The second-order valence-corrected chi connectivity index (χ2v) is 6.37. The number of likely N-dealkylation sites (N-methyl/N-ethyl adjacent to an activating group) is 1. The fraction of sp³-hybridized carbons (Fsp3) is 0.308. The molecule has 2 N–H and O–H groups in total. The zero-order chi connectivity index (χ0) is 13.8. The lowest BCUT2D eigenvalue weighted by molar-refractivity contribution is 0.312. The Labute approximate surface area is 124 Å². The Hall–Kier alpha value is -1.11. The molecule has 0 aliphatic heterocycles. The molecule has 102 valence electrons. The van der Waals surface area contributed by atoms with Crippen molar-refractivity contribution < 1.29 is 0 Å². The van der Waals surface area contributed by atoms with E-state index in [-0.39, 0.29) is 5.56 Å². The number of hydrogen-bond acceptors (Lipinski definition) is 4. The van der Waals surface area contributed by atoms with Crippen LogP contribution in [0.25, 0.3) is 0 Å². The molecule has 0 fully saturated rings. The monoisotopic (exact) mass is 341 g/mol. The van der Waals surface area contributed by atoms with Crippen molar-refractivity contribution in [3.05, 3.63) is 49.5 Å². The van der Waals surface area contributed by atoms with E-state index < -0.39 is 0 Å². The minimum atomic E-state index is -0.0125. The van der Waals surface area contributed by atoms with Crippen molar-refractivity contribution in [2.45, 2.75) is 13.1 Å². The van der Waals surface area contributed by atoms with Gasteiger partial charge in [-0.25, -0.2) is 0 Å². The summed E-state index contributed by atoms with van der Waals surface area (Å²) in [6.07, 6.45) is 1.69. The lowest BCUT2D eigenvalue weighted by Crippen LogP contribution is -2.27. The molecule has 2 aromatic rings. The summed E-state index contributed by atoms with van der Waals surface area (Å²) in [6.45, 7) is 2.33. The van der Waals surface area contributed by atoms with Crippen LogP contribution in [0, 0.1) is 0 Å². The second kappa shape index (κ2) is 6.36. The van der Waals surface area contributed by atoms with Gasteiger partial charge in [0.15, 0.2) is 0 Å². The normalized spacial score (nSPS) is 11.1. The smallest absolute Gasteiger partial charge is 0.250 e. The average Bonchev–Trinajstić information content (AvgIpc) is 2.76. The molecule has 6 heteroatoms. The lowest BCUT2D eigenvalue weighted by atomic mass is 10.4. The Morgan fingerprint density at radius 2 is 2.26 bits per heavy atom. The molecule has 0 spiro atoms. The zero-order valence-corrected chi connectivity index (χ0v) is 13.1. The molecular formula is C13H16BrN3OS. The van der Waals surface area contributed by atoms with Gasteiger partial charge in [-0.05, 0) is 35.1 Å². The number of pyridine rings is 1. The summed E-state index contributed by atoms with van der Waals surface area (Å²) in [5.41, 5.74) is 6.29. The first-order chi connectivity index (χ1) is 9.04. The molecule has 4 nitrogen and oxygen atoms in total. The Balaban J connectivity index is 1.91. The molecule has 2 rings (SSSR count). The van der Waals surface area contributed by atoms with Crippen molar-refractivity contribution >= 4 is 33.0 Å². The zero-order valence-electron chi connectivity index (χ0n) is 10.7. The number of rotatable bonds is 5. The van der Waals surface area contributed by atoms with Gasteiger partial charge in [-0.1, -0.05) is 0 Å². The summed E-state index contributed by atoms with van der Waals surface area (Å²) in [7, 11) is 2.05. The van der Waals surface area contributed by atoms with Crippen molar-refractivity contribution in [1.82, 2.24) is 9.47 Å². The van der Waals surface area contributed by atoms with E-state index in [9.17, 15) is 4.79 Å². The first-order valence-electron chi connectivity index (χ1n) is 5.92. The molecule has 0 unspecified atom stereocenters. The third-order valence-corrected chi connectivity index (χ3v) is 4.46. The predicted octanol–water partition coefficient (Wildman–Crippen LogP) is 2.39. The van der Waals surface area contributed by atoms with E-state index >= 15 is 0 Å². The third kappa shape index (κ3) is 4.19. The van der Waals surface area contributed by atoms with E-state index in [0.29, 0.717) is 12.2 Å². The highest BCUT2D eigenvalue weighted by molar-refractivity contribution is 9.10. The van der Waals surface area contributed by atoms with Crippen LogP contribution in [0.2, 0.25) is 0 Å². The van der Waals surface area contributed by atoms with Gasteiger partial charge in [0.1, 0.15) is 0 Å². The van der Waals surface area contributed by atoms with Crippen LogP contribution in [0.1, 0.15) is 4.88 Å². The maximum absolute atomic E-state index is 11.6. The van der Waals surface area contributed by atoms with Crippen LogP contribution in [0.3, 0.4) is 0 Å². The molecular weight excluding hydrogens is 326 g/mol. The van der Waals surface area contributed by atoms with Crippen LogP contribution < -0.4 is 11.3 Å². The van der Waals surface area contributed by atoms with Gasteiger partial charge in [0.2, 0.25) is 0 Å². The van der Waals surface area contributed by atoms with Crippen molar-refractivity contribution in [3.63, 3.8) is 0 Å². The Morgan fingerprint density at radius 3 is 2.95 bits per heavy atom. The van der Waals surface area contributed by atoms with Crippen LogP contribution in [-0.4, -0.2) is 23.1 Å². The van der Waals surface area contributed by atoms with E-state index in [1.165, 1.54) is 10.9 Å². The first-order valence-corrected chi connectivity index (χ1v) is 7.59. The van der Waals surface area contributed by atoms with Gasteiger partial charge in [-0.3, -0.25) is 9.69 Å². The molecule has 0 saturated carbocycles. The highest BCUT2D eigenvalue weighted by Gasteiger charge is 2.04. The van der Waals surface area contributed by atoms with Crippen LogP contribution in [0.4, 0.5) is 5.69 Å². The van der Waals surface area contributed by atoms with Crippen molar-refractivity contribution in [1.29, 1.82) is 0 Å². The van der Waals surface area contributed by atoms with Crippen LogP contribution >= 0.6 is 27.3 Å². The third-order valence-electron chi connectivity index (χ3n) is 2.78. The molecule has 2 heterocycles. The Bertz CT molecular complexity index is 608. The quantitative estimate of drug-likeness (QED) is 0.908. The first kappa shape index (κ1) is 14.3. The molecule has 0 bridgehead atoms. The number of hydrogen-bond donors (Lipinski definition) is 1. The minimum Gasteiger partial charge on any atom is -0.398 e. The Morgan fingerprint density at radius 1 is 1.47 bits per heavy atom. The van der Waals surface area contributed by atoms with E-state index in [4.69, 9.17) is 5.73 Å². The summed E-state index contributed by atoms with van der Waals surface area (Å²) < 4.78 is 2.77. The molecule has 0 radical (unpaired) electrons. The van der Waals surface area contributed by atoms with Crippen molar-refractivity contribution in [3.8, 4) is 0 Å². The molecule has 0 aliphatic carbocycles. The largest absolute Gasteiger partial charge is 0.398 e. The van der Waals surface area contributed by atoms with Crippen LogP contribution in [0.15, 0.2) is 39.0 Å². The van der Waals surface area contributed by atoms with Gasteiger partial charge in [-0.2, -0.15) is 0 Å². The van der Waals surface area contributed by atoms with Gasteiger partial charge in [0, 0.05) is 52.3 Å². The average molecular weight is 342 g/mol. The van der Waals surface area contributed by atoms with Gasteiger partial charge >= 0.3 is 0 Å². The number of nitrogens with zero attached hydrogens (tertiary/aromatic N) is 2. The van der Waals surface area contributed by atoms with Gasteiger partial charge < -0.3 is 10.3 Å². The van der Waals surface area contributed by atoms with Gasteiger partial charge in [-0.15, -0.1) is 11.3 Å². The van der Waals surface area contributed by atoms with Gasteiger partial charge in [0.05, 0.1) is 0 Å². The van der Waals surface area contributed by atoms with Crippen molar-refractivity contribution in [2.75, 3.05) is 19.3 Å². The van der Waals surface area contributed by atoms with Gasteiger partial charge in [0.25, 0.3) is 5.56 Å². The summed E-state index contributed by atoms with van der Waals surface area (Å²) in [5.74, 6) is 0. The lowest BCUT2D eigenvalue weighted by Gasteiger charge is -2.16. The maximum atomic E-state index is 11.6. The SMILES string of the molecule is CN(CCn1cc(N)ccc1=O)Cc1cc(Br)cs1. The predicted molar refractivity (Wildman–Crippen MR) is 83.5 cm³/mol. The summed E-state index contributed by atoms with van der Waals surface area (Å²) in [5, 5.41) is 2.07. The number of nitrogens with two attached hydrogens (primary N) is 1. The standard InChI is InChI=1S/C13H16BrN3OS/c1-16(8-12-6-10(14)9-19-12)4-5-17-7-11(15)2-3-13(17)18/h2-3,6-7,9H,4-5,8,15H2,1H3. The molecule has 0 amide bonds. The molecule has 19 heavy (non-hydrogen) atoms. The van der Waals surface area contributed by atoms with E-state index in [1.807, 2.05) is 7.05 Å². The molecule has 0 aliphatic rings. The summed E-state index contributed by atoms with van der Waals surface area (Å²) in [4.78, 5) is 15.1. The van der Waals surface area contributed by atoms with E-state index in [0.717, 1.165) is 17.6 Å². The molecule has 2 aromatic heterocycles. The number of halogens is 1. The fourth-order valence-electron chi connectivity index (χ4n) is 1.78. The molecule has 0 saturated heterocycles. The van der Waals surface area contributed by atoms with Crippen molar-refractivity contribution in [2.24, 2.45) is 0 Å². The minimum absolute atomic E-state index is 0.0125. The topological polar surface area (TPSA) is 51.3 Å². The number of thiophene rings is 1. The molecule has 0 atom stereocenters. The number of aromatic nitrogens is 1. The highest BCUT2D eigenvalue weighted by Crippen LogP contribution is 2.20. The number of nitrogen functional groups attached to an aromatic ring is 1. The maximum Gasteiger partial charge on any atom is 0.250 e. The molecule has 0 aromatic carbocycles. The fourth-order valence-corrected chi connectivity index (χ4v) is 3.32. The number of anilines is 1. The Kier molecular flexibility index (Phi) is 4.79. The highest BCUT2D eigenvalue weighted by atomic mass is 79.9.